The van der Waals surface area contributed by atoms with Gasteiger partial charge in [-0.15, -0.1) is 0 Å². The summed E-state index contributed by atoms with van der Waals surface area (Å²) in [6.07, 6.45) is 0.618. The summed E-state index contributed by atoms with van der Waals surface area (Å²) in [5, 5.41) is 8.68. The Bertz CT molecular complexity index is 388. The molecule has 3 nitrogen and oxygen atoms in total. The average Bonchev–Trinajstić information content (AvgIpc) is 2.12. The van der Waals surface area contributed by atoms with Gasteiger partial charge in [0.25, 0.3) is 0 Å². The third kappa shape index (κ3) is 4.89. The number of carboxylic acids is 1. The predicted octanol–water partition coefficient (Wildman–Crippen LogP) is 3.33. The van der Waals surface area contributed by atoms with Crippen LogP contribution in [0.3, 0.4) is 0 Å². The molecule has 0 aromatic heterocycles. The molecule has 0 bridgehead atoms. The molecule has 0 aliphatic carbocycles. The van der Waals surface area contributed by atoms with Crippen molar-refractivity contribution in [2.24, 2.45) is 0 Å². The first-order valence-corrected chi connectivity index (χ1v) is 5.78. The fourth-order valence-corrected chi connectivity index (χ4v) is 1.77. The van der Waals surface area contributed by atoms with Gasteiger partial charge in [-0.3, -0.25) is 4.79 Å². The SMILES string of the molecule is Cc1cc(C)cc(OC(C)(C)CCC(=O)O)c1. The van der Waals surface area contributed by atoms with Crippen LogP contribution in [0.2, 0.25) is 0 Å². The Morgan fingerprint density at radius 2 is 1.76 bits per heavy atom. The van der Waals surface area contributed by atoms with Crippen molar-refractivity contribution in [2.75, 3.05) is 0 Å². The molecule has 17 heavy (non-hydrogen) atoms. The molecule has 0 amide bonds. The van der Waals surface area contributed by atoms with Crippen LogP contribution in [0.15, 0.2) is 18.2 Å². The summed E-state index contributed by atoms with van der Waals surface area (Å²) < 4.78 is 5.85. The average molecular weight is 236 g/mol. The Morgan fingerprint density at radius 1 is 1.24 bits per heavy atom. The van der Waals surface area contributed by atoms with E-state index in [4.69, 9.17) is 9.84 Å². The number of hydrogen-bond donors (Lipinski definition) is 1. The highest BCUT2D eigenvalue weighted by Crippen LogP contribution is 2.24. The van der Waals surface area contributed by atoms with E-state index in [1.165, 1.54) is 0 Å². The number of aryl methyl sites for hydroxylation is 2. The van der Waals surface area contributed by atoms with E-state index >= 15 is 0 Å². The molecular formula is C14H20O3. The fourth-order valence-electron chi connectivity index (χ4n) is 1.77. The molecule has 3 heteroatoms. The number of ether oxygens (including phenoxy) is 1. The molecule has 94 valence electrons. The molecule has 0 saturated carbocycles. The standard InChI is InChI=1S/C14H20O3/c1-10-7-11(2)9-12(8-10)17-14(3,4)6-5-13(15)16/h7-9H,5-6H2,1-4H3,(H,15,16). The highest BCUT2D eigenvalue weighted by Gasteiger charge is 2.21. The summed E-state index contributed by atoms with van der Waals surface area (Å²) in [5.41, 5.74) is 1.83. The first-order valence-electron chi connectivity index (χ1n) is 5.78. The van der Waals surface area contributed by atoms with Crippen LogP contribution in [0.25, 0.3) is 0 Å². The van der Waals surface area contributed by atoms with E-state index in [2.05, 4.69) is 6.07 Å². The highest BCUT2D eigenvalue weighted by molar-refractivity contribution is 5.66. The Balaban J connectivity index is 2.71. The molecule has 0 atom stereocenters. The van der Waals surface area contributed by atoms with E-state index in [1.807, 2.05) is 39.8 Å². The van der Waals surface area contributed by atoms with Crippen LogP contribution in [0.1, 0.15) is 37.8 Å². The molecule has 0 radical (unpaired) electrons. The van der Waals surface area contributed by atoms with Crippen LogP contribution in [-0.4, -0.2) is 16.7 Å². The first-order chi connectivity index (χ1) is 7.78. The van der Waals surface area contributed by atoms with Crippen molar-refractivity contribution >= 4 is 5.97 Å². The van der Waals surface area contributed by atoms with E-state index in [0.29, 0.717) is 6.42 Å². The molecule has 0 heterocycles. The fraction of sp³-hybridized carbons (Fsp3) is 0.500. The molecule has 0 aliphatic rings. The largest absolute Gasteiger partial charge is 0.488 e. The summed E-state index contributed by atoms with van der Waals surface area (Å²) in [6, 6.07) is 6.02. The first kappa shape index (κ1) is 13.6. The minimum atomic E-state index is -0.790. The molecule has 0 aliphatic heterocycles. The molecule has 1 rings (SSSR count). The lowest BCUT2D eigenvalue weighted by atomic mass is 10.0. The Labute approximate surface area is 102 Å². The molecule has 0 spiro atoms. The lowest BCUT2D eigenvalue weighted by Crippen LogP contribution is -2.29. The Hall–Kier alpha value is -1.51. The summed E-state index contributed by atoms with van der Waals surface area (Å²) in [7, 11) is 0. The van der Waals surface area contributed by atoms with Crippen molar-refractivity contribution < 1.29 is 14.6 Å². The smallest absolute Gasteiger partial charge is 0.303 e. The molecule has 1 aromatic rings. The minimum Gasteiger partial charge on any atom is -0.488 e. The van der Waals surface area contributed by atoms with E-state index in [-0.39, 0.29) is 6.42 Å². The van der Waals surface area contributed by atoms with Gasteiger partial charge >= 0.3 is 5.97 Å². The van der Waals surface area contributed by atoms with Crippen molar-refractivity contribution in [3.63, 3.8) is 0 Å². The summed E-state index contributed by atoms with van der Waals surface area (Å²) in [6.45, 7) is 7.86. The van der Waals surface area contributed by atoms with Gasteiger partial charge in [0, 0.05) is 6.42 Å². The number of carboxylic acid groups (broad SMARTS) is 1. The number of benzene rings is 1. The van der Waals surface area contributed by atoms with Crippen LogP contribution in [0, 0.1) is 13.8 Å². The van der Waals surface area contributed by atoms with Crippen molar-refractivity contribution in [2.45, 2.75) is 46.1 Å². The van der Waals surface area contributed by atoms with E-state index in [9.17, 15) is 4.79 Å². The van der Waals surface area contributed by atoms with Gasteiger partial charge in [-0.25, -0.2) is 0 Å². The molecule has 1 aromatic carbocycles. The second-order valence-corrected chi connectivity index (χ2v) is 5.08. The van der Waals surface area contributed by atoms with Gasteiger partial charge in [0.15, 0.2) is 0 Å². The zero-order chi connectivity index (χ0) is 13.1. The zero-order valence-electron chi connectivity index (χ0n) is 10.9. The topological polar surface area (TPSA) is 46.5 Å². The van der Waals surface area contributed by atoms with Crippen LogP contribution in [0.4, 0.5) is 0 Å². The number of hydrogen-bond acceptors (Lipinski definition) is 2. The van der Waals surface area contributed by atoms with Gasteiger partial charge in [-0.2, -0.15) is 0 Å². The lowest BCUT2D eigenvalue weighted by Gasteiger charge is -2.26. The number of aliphatic carboxylic acids is 1. The van der Waals surface area contributed by atoms with Crippen molar-refractivity contribution in [3.8, 4) is 5.75 Å². The van der Waals surface area contributed by atoms with E-state index in [1.54, 1.807) is 0 Å². The third-order valence-electron chi connectivity index (χ3n) is 2.53. The predicted molar refractivity (Wildman–Crippen MR) is 67.5 cm³/mol. The molecule has 0 fully saturated rings. The van der Waals surface area contributed by atoms with Gasteiger partial charge in [-0.1, -0.05) is 6.07 Å². The monoisotopic (exact) mass is 236 g/mol. The minimum absolute atomic E-state index is 0.123. The van der Waals surface area contributed by atoms with Crippen LogP contribution < -0.4 is 4.74 Å². The Kier molecular flexibility index (Phi) is 4.16. The van der Waals surface area contributed by atoms with Gasteiger partial charge < -0.3 is 9.84 Å². The quantitative estimate of drug-likeness (QED) is 0.853. The maximum Gasteiger partial charge on any atom is 0.303 e. The van der Waals surface area contributed by atoms with Gasteiger partial charge in [-0.05, 0) is 57.4 Å². The van der Waals surface area contributed by atoms with Gasteiger partial charge in [0.05, 0.1) is 0 Å². The lowest BCUT2D eigenvalue weighted by molar-refractivity contribution is -0.138. The van der Waals surface area contributed by atoms with Gasteiger partial charge in [0.2, 0.25) is 0 Å². The Morgan fingerprint density at radius 3 is 2.24 bits per heavy atom. The zero-order valence-corrected chi connectivity index (χ0v) is 10.9. The van der Waals surface area contributed by atoms with Crippen molar-refractivity contribution in [1.29, 1.82) is 0 Å². The molecular weight excluding hydrogens is 216 g/mol. The summed E-state index contributed by atoms with van der Waals surface area (Å²) in [5.74, 6) is 0.0139. The van der Waals surface area contributed by atoms with Crippen molar-refractivity contribution in [3.05, 3.63) is 29.3 Å². The molecule has 0 unspecified atom stereocenters. The number of carbonyl (C=O) groups is 1. The maximum atomic E-state index is 10.6. The third-order valence-corrected chi connectivity index (χ3v) is 2.53. The summed E-state index contributed by atoms with van der Waals surface area (Å²) >= 11 is 0. The summed E-state index contributed by atoms with van der Waals surface area (Å²) in [4.78, 5) is 10.6. The van der Waals surface area contributed by atoms with Crippen LogP contribution in [-0.2, 0) is 4.79 Å². The second kappa shape index (κ2) is 5.21. The normalized spacial score (nSPS) is 11.3. The van der Waals surface area contributed by atoms with Crippen LogP contribution in [0.5, 0.6) is 5.75 Å². The maximum absolute atomic E-state index is 10.6. The van der Waals surface area contributed by atoms with E-state index in [0.717, 1.165) is 16.9 Å². The van der Waals surface area contributed by atoms with Crippen molar-refractivity contribution in [1.82, 2.24) is 0 Å². The molecule has 0 saturated heterocycles. The van der Waals surface area contributed by atoms with E-state index < -0.39 is 11.6 Å². The second-order valence-electron chi connectivity index (χ2n) is 5.08. The van der Waals surface area contributed by atoms with Gasteiger partial charge in [0.1, 0.15) is 11.4 Å². The van der Waals surface area contributed by atoms with Crippen LogP contribution >= 0.6 is 0 Å². The molecule has 1 N–H and O–H groups in total. The highest BCUT2D eigenvalue weighted by atomic mass is 16.5. The number of rotatable bonds is 5.